The van der Waals surface area contributed by atoms with Crippen LogP contribution in [0.25, 0.3) is 69.8 Å². The van der Waals surface area contributed by atoms with Crippen molar-refractivity contribution in [1.82, 2.24) is 18.9 Å². The Kier molecular flexibility index (Phi) is 22.8. The van der Waals surface area contributed by atoms with Gasteiger partial charge in [-0.05, 0) is 110 Å². The zero-order valence-corrected chi connectivity index (χ0v) is 58.8. The van der Waals surface area contributed by atoms with Crippen LogP contribution < -0.4 is 51.5 Å². The molecular weight excluding hydrogens is 1330 g/mol. The summed E-state index contributed by atoms with van der Waals surface area (Å²) in [6, 6.07) is 71.7. The highest BCUT2D eigenvalue weighted by Crippen LogP contribution is 2.40. The Hall–Kier alpha value is -9.77. The number of rotatable bonds is 32. The van der Waals surface area contributed by atoms with Gasteiger partial charge in [0.25, 0.3) is 20.2 Å². The predicted molar refractivity (Wildman–Crippen MR) is 405 cm³/mol. The molecule has 0 unspecified atom stereocenters. The fourth-order valence-electron chi connectivity index (χ4n) is 13.2. The van der Waals surface area contributed by atoms with E-state index in [1.165, 1.54) is 22.7 Å². The molecule has 12 aromatic rings. The number of fused-ring (bicyclic) bond motifs is 3. The molecule has 4 aromatic heterocycles. The van der Waals surface area contributed by atoms with Gasteiger partial charge in [-0.15, -0.1) is 22.7 Å². The van der Waals surface area contributed by atoms with Gasteiger partial charge >= 0.3 is 13.7 Å². The molecule has 0 fully saturated rings. The molecule has 0 spiro atoms. The molecule has 0 radical (unpaired) electrons. The van der Waals surface area contributed by atoms with Gasteiger partial charge in [-0.25, -0.2) is 14.8 Å². The third-order valence-electron chi connectivity index (χ3n) is 17.8. The van der Waals surface area contributed by atoms with Crippen molar-refractivity contribution in [3.63, 3.8) is 0 Å². The van der Waals surface area contributed by atoms with Crippen molar-refractivity contribution in [2.24, 2.45) is 0 Å². The van der Waals surface area contributed by atoms with E-state index in [-0.39, 0.29) is 17.2 Å². The van der Waals surface area contributed by atoms with Crippen molar-refractivity contribution < 1.29 is 44.9 Å². The lowest BCUT2D eigenvalue weighted by Gasteiger charge is -2.24. The Morgan fingerprint density at radius 1 is 0.480 bits per heavy atom. The molecule has 100 heavy (non-hydrogen) atoms. The minimum atomic E-state index is -3.99. The quantitative estimate of drug-likeness (QED) is 0.0174. The number of hydrogen-bond donors (Lipinski definition) is 2. The van der Waals surface area contributed by atoms with E-state index in [9.17, 15) is 37.8 Å². The van der Waals surface area contributed by atoms with Crippen LogP contribution in [0, 0.1) is 17.9 Å². The number of nitriles is 1. The summed E-state index contributed by atoms with van der Waals surface area (Å²) in [5.74, 6) is 2.05. The molecule has 506 valence electrons. The summed E-state index contributed by atoms with van der Waals surface area (Å²) in [7, 11) is -4.74. The molecule has 0 saturated heterocycles. The van der Waals surface area contributed by atoms with Crippen LogP contribution in [0.5, 0.6) is 23.0 Å². The van der Waals surface area contributed by atoms with Crippen molar-refractivity contribution in [3.05, 3.63) is 238 Å². The van der Waals surface area contributed by atoms with Crippen molar-refractivity contribution in [3.8, 4) is 51.6 Å². The number of methoxy groups -OCH3 is 2. The maximum Gasteiger partial charge on any atom is 0.328 e. The van der Waals surface area contributed by atoms with Gasteiger partial charge in [0.2, 0.25) is 5.70 Å². The first-order chi connectivity index (χ1) is 48.7. The highest BCUT2D eigenvalue weighted by Gasteiger charge is 2.38. The van der Waals surface area contributed by atoms with E-state index in [4.69, 9.17) is 33.8 Å². The second-order valence-corrected chi connectivity index (χ2v) is 29.8. The predicted octanol–water partition coefficient (Wildman–Crippen LogP) is 13.3. The number of unbranched alkanes of at least 4 members (excludes halogenated alkanes) is 10. The smallest absolute Gasteiger partial charge is 0.328 e. The Labute approximate surface area is 592 Å². The van der Waals surface area contributed by atoms with E-state index in [1.54, 1.807) is 14.2 Å². The van der Waals surface area contributed by atoms with Gasteiger partial charge < -0.3 is 27.9 Å². The number of hydrogen-bond acceptors (Lipinski definition) is 13. The van der Waals surface area contributed by atoms with Crippen LogP contribution in [0.2, 0.25) is 0 Å². The van der Waals surface area contributed by atoms with E-state index in [1.807, 2.05) is 133 Å². The van der Waals surface area contributed by atoms with Gasteiger partial charge in [0.05, 0.1) is 71.3 Å². The van der Waals surface area contributed by atoms with Crippen LogP contribution in [0.15, 0.2) is 206 Å². The molecule has 0 aliphatic heterocycles. The SMILES string of the molecule is [C-]#[N+]/C(c1nc2cc(OC)ccc2s1)=c1\c2c(-c3ccc(OCCCCCCCCS(=O)(=O)O)cc3)n(B(c3ccccc3)c3ccccc3)/c(=C(/C#N)c3nc4cc(OC)ccc4s3)c2c(-c2ccc(OCCCCCCCCS(=O)(=O)O)cc2)n1B(c1ccccc1)c1ccccc1. The molecule has 0 bridgehead atoms. The Bertz CT molecular complexity index is 4870. The zero-order chi connectivity index (χ0) is 69.6. The second kappa shape index (κ2) is 32.5. The summed E-state index contributed by atoms with van der Waals surface area (Å²) < 4.78 is 94.6. The second-order valence-electron chi connectivity index (χ2n) is 24.5. The first kappa shape index (κ1) is 70.1. The highest BCUT2D eigenvalue weighted by atomic mass is 32.2. The standard InChI is InChI=1S/C78H74B2N6O10S4/c1-82-72(78-84-67-53-64(94-3)45-47-69(67)98-78)76-71-70(73(86(76)80(59-32-20-14-21-33-59)60-34-22-15-23-35-60)55-36-40-61(41-37-55)95-48-24-8-4-6-10-26-50-99(87,88)89)75(65(54-81)77-83-66-52-63(93-2)44-46-68(66)97-77)85(79(57-28-16-12-17-29-57)58-30-18-13-19-31-58)74(71)56-38-42-62(43-39-56)96-49-25-9-5-7-11-27-51-100(90,91)92/h12-23,28-47,52-53H,4-11,24-27,48-51H2,2-3H3,(H,87,88,89)(H,90,91,92)/b75-65-,76-72+. The summed E-state index contributed by atoms with van der Waals surface area (Å²) in [5, 5.41) is 16.0. The average molecular weight is 1410 g/mol. The van der Waals surface area contributed by atoms with Gasteiger partial charge in [-0.2, -0.15) is 22.1 Å². The lowest BCUT2D eigenvalue weighted by Crippen LogP contribution is -2.54. The Morgan fingerprint density at radius 3 is 1.21 bits per heavy atom. The number of nitrogens with zero attached hydrogens (tertiary/aromatic N) is 6. The molecule has 12 rings (SSSR count). The van der Waals surface area contributed by atoms with Crippen LogP contribution in [0.4, 0.5) is 0 Å². The maximum absolute atomic E-state index is 12.6. The van der Waals surface area contributed by atoms with Crippen LogP contribution in [-0.2, 0) is 20.2 Å². The van der Waals surface area contributed by atoms with Gasteiger partial charge in [0.1, 0.15) is 44.7 Å². The van der Waals surface area contributed by atoms with Crippen molar-refractivity contribution >= 4 is 121 Å². The third-order valence-corrected chi connectivity index (χ3v) is 21.5. The number of ether oxygens (including phenoxy) is 4. The van der Waals surface area contributed by atoms with Crippen LogP contribution >= 0.6 is 22.7 Å². The molecule has 4 heterocycles. The summed E-state index contributed by atoms with van der Waals surface area (Å²) in [5.41, 5.74) is 8.52. The van der Waals surface area contributed by atoms with Crippen molar-refractivity contribution in [1.29, 1.82) is 5.26 Å². The summed E-state index contributed by atoms with van der Waals surface area (Å²) >= 11 is 2.84. The lowest BCUT2D eigenvalue weighted by molar-refractivity contribution is 0.304. The molecular formula is C78H74B2N6O10S4. The van der Waals surface area contributed by atoms with Crippen molar-refractivity contribution in [2.75, 3.05) is 38.9 Å². The summed E-state index contributed by atoms with van der Waals surface area (Å²) in [4.78, 5) is 15.4. The monoisotopic (exact) mass is 1400 g/mol. The Balaban J connectivity index is 1.19. The molecule has 22 heteroatoms. The van der Waals surface area contributed by atoms with E-state index in [0.717, 1.165) is 93.7 Å². The lowest BCUT2D eigenvalue weighted by atomic mass is 9.50. The molecule has 0 aliphatic rings. The zero-order valence-electron chi connectivity index (χ0n) is 55.6. The van der Waals surface area contributed by atoms with Gasteiger partial charge in [-0.1, -0.05) is 195 Å². The van der Waals surface area contributed by atoms with E-state index in [2.05, 4.69) is 87.8 Å². The van der Waals surface area contributed by atoms with E-state index < -0.39 is 33.9 Å². The topological polar surface area (TPSA) is 209 Å². The normalized spacial score (nSPS) is 12.3. The molecule has 2 N–H and O–H groups in total. The number of aromatic nitrogens is 4. The Morgan fingerprint density at radius 2 is 0.830 bits per heavy atom. The van der Waals surface area contributed by atoms with Crippen LogP contribution in [0.3, 0.4) is 0 Å². The first-order valence-electron chi connectivity index (χ1n) is 33.5. The van der Waals surface area contributed by atoms with Gasteiger partial charge in [0.15, 0.2) is 0 Å². The van der Waals surface area contributed by atoms with Gasteiger partial charge in [0, 0.05) is 39.6 Å². The highest BCUT2D eigenvalue weighted by molar-refractivity contribution is 7.86. The third kappa shape index (κ3) is 16.4. The van der Waals surface area contributed by atoms with Crippen LogP contribution in [0.1, 0.15) is 87.1 Å². The van der Waals surface area contributed by atoms with Crippen molar-refractivity contribution in [2.45, 2.75) is 77.0 Å². The molecule has 0 aliphatic carbocycles. The van der Waals surface area contributed by atoms with E-state index in [0.29, 0.717) is 121 Å². The molecule has 0 atom stereocenters. The summed E-state index contributed by atoms with van der Waals surface area (Å²) in [6.45, 7) is 9.40. The largest absolute Gasteiger partial charge is 0.497 e. The molecule has 16 nitrogen and oxygen atoms in total. The van der Waals surface area contributed by atoms with E-state index >= 15 is 0 Å². The minimum absolute atomic E-state index is 0.239. The van der Waals surface area contributed by atoms with Gasteiger partial charge in [-0.3, -0.25) is 9.11 Å². The number of thiazole rings is 2. The summed E-state index contributed by atoms with van der Waals surface area (Å²) in [6.07, 6.45) is 8.96. The fourth-order valence-corrected chi connectivity index (χ4v) is 16.2. The van der Waals surface area contributed by atoms with Crippen LogP contribution in [-0.4, -0.2) is 97.5 Å². The fraction of sp³-hybridized carbons (Fsp3) is 0.231. The molecule has 0 saturated carbocycles. The molecule has 0 amide bonds. The average Bonchev–Trinajstić information content (AvgIpc) is 1.52. The number of benzene rings is 8. The molecule has 8 aromatic carbocycles. The minimum Gasteiger partial charge on any atom is -0.497 e. The first-order valence-corrected chi connectivity index (χ1v) is 38.4. The maximum atomic E-state index is 12.6.